The highest BCUT2D eigenvalue weighted by Crippen LogP contribution is 2.39. The van der Waals surface area contributed by atoms with Gasteiger partial charge in [0, 0.05) is 21.7 Å². The Balaban J connectivity index is 1.52. The van der Waals surface area contributed by atoms with Gasteiger partial charge < -0.3 is 4.74 Å². The molecule has 1 aromatic heterocycles. The zero-order chi connectivity index (χ0) is 21.9. The van der Waals surface area contributed by atoms with E-state index >= 15 is 0 Å². The highest BCUT2D eigenvalue weighted by molar-refractivity contribution is 7.16. The van der Waals surface area contributed by atoms with Gasteiger partial charge in [0.1, 0.15) is 23.4 Å². The van der Waals surface area contributed by atoms with Gasteiger partial charge in [-0.3, -0.25) is 0 Å². The molecule has 0 saturated carbocycles. The summed E-state index contributed by atoms with van der Waals surface area (Å²) >= 11 is 7.66. The van der Waals surface area contributed by atoms with E-state index in [1.807, 2.05) is 48.7 Å². The van der Waals surface area contributed by atoms with E-state index in [1.54, 1.807) is 11.3 Å². The largest absolute Gasteiger partial charge is 0.488 e. The van der Waals surface area contributed by atoms with Gasteiger partial charge in [0.05, 0.1) is 5.56 Å². The number of nitrogens with zero attached hydrogens (tertiary/aromatic N) is 2. The molecule has 0 bridgehead atoms. The molecular weight excluding hydrogens is 436 g/mol. The summed E-state index contributed by atoms with van der Waals surface area (Å²) < 4.78 is 6.20. The number of ether oxygens (including phenoxy) is 1. The van der Waals surface area contributed by atoms with E-state index in [0.717, 1.165) is 57.5 Å². The Bertz CT molecular complexity index is 1350. The van der Waals surface area contributed by atoms with Gasteiger partial charge >= 0.3 is 0 Å². The Kier molecular flexibility index (Phi) is 5.94. The lowest BCUT2D eigenvalue weighted by Gasteiger charge is -2.12. The van der Waals surface area contributed by atoms with Crippen LogP contribution in [0.3, 0.4) is 0 Å². The number of aliphatic imine (C=N–C) groups is 1. The van der Waals surface area contributed by atoms with Crippen molar-refractivity contribution in [3.05, 3.63) is 92.8 Å². The molecule has 32 heavy (non-hydrogen) atoms. The van der Waals surface area contributed by atoms with Crippen LogP contribution in [-0.2, 0) is 19.4 Å². The summed E-state index contributed by atoms with van der Waals surface area (Å²) in [4.78, 5) is 6.12. The molecule has 5 rings (SSSR count). The van der Waals surface area contributed by atoms with Crippen molar-refractivity contribution in [3.8, 4) is 11.8 Å². The molecule has 1 heterocycles. The minimum atomic E-state index is 0.438. The molecule has 0 saturated heterocycles. The first kappa shape index (κ1) is 20.8. The molecule has 5 heteroatoms. The fourth-order valence-electron chi connectivity index (χ4n) is 4.16. The average Bonchev–Trinajstić information content (AvgIpc) is 3.20. The van der Waals surface area contributed by atoms with E-state index in [2.05, 4.69) is 24.3 Å². The van der Waals surface area contributed by atoms with Crippen LogP contribution in [0.25, 0.3) is 10.8 Å². The van der Waals surface area contributed by atoms with Gasteiger partial charge in [-0.1, -0.05) is 54.1 Å². The summed E-state index contributed by atoms with van der Waals surface area (Å²) in [5.74, 6) is 0.766. The van der Waals surface area contributed by atoms with Gasteiger partial charge in [0.2, 0.25) is 0 Å². The third-order valence-electron chi connectivity index (χ3n) is 5.81. The summed E-state index contributed by atoms with van der Waals surface area (Å²) in [6.07, 6.45) is 6.22. The molecule has 158 valence electrons. The molecule has 3 aromatic carbocycles. The predicted octanol–water partition coefficient (Wildman–Crippen LogP) is 7.63. The van der Waals surface area contributed by atoms with Gasteiger partial charge in [-0.05, 0) is 65.8 Å². The van der Waals surface area contributed by atoms with Gasteiger partial charge in [-0.25, -0.2) is 4.99 Å². The van der Waals surface area contributed by atoms with Crippen molar-refractivity contribution in [1.29, 1.82) is 5.26 Å². The Morgan fingerprint density at radius 3 is 2.69 bits per heavy atom. The van der Waals surface area contributed by atoms with Crippen LogP contribution in [0.1, 0.15) is 40.0 Å². The third kappa shape index (κ3) is 4.14. The summed E-state index contributed by atoms with van der Waals surface area (Å²) in [6.45, 7) is 0.438. The molecule has 0 spiro atoms. The van der Waals surface area contributed by atoms with E-state index in [4.69, 9.17) is 21.3 Å². The van der Waals surface area contributed by atoms with E-state index in [0.29, 0.717) is 11.6 Å². The maximum atomic E-state index is 9.77. The summed E-state index contributed by atoms with van der Waals surface area (Å²) in [6, 6.07) is 22.3. The summed E-state index contributed by atoms with van der Waals surface area (Å²) in [7, 11) is 0. The second-order valence-electron chi connectivity index (χ2n) is 7.87. The molecule has 0 amide bonds. The van der Waals surface area contributed by atoms with Crippen molar-refractivity contribution in [2.24, 2.45) is 4.99 Å². The number of hydrogen-bond donors (Lipinski definition) is 0. The monoisotopic (exact) mass is 456 g/mol. The lowest BCUT2D eigenvalue weighted by atomic mass is 9.96. The average molecular weight is 457 g/mol. The fourth-order valence-corrected chi connectivity index (χ4v) is 5.47. The maximum absolute atomic E-state index is 9.77. The molecule has 1 aliphatic carbocycles. The number of thiophene rings is 1. The SMILES string of the molecule is N#Cc1c(N=Cc2c(OCc3ccc(Cl)cc3)ccc3ccccc23)sc2c1CCCC2. The number of nitriles is 1. The van der Waals surface area contributed by atoms with Gasteiger partial charge in [0.15, 0.2) is 0 Å². The van der Waals surface area contributed by atoms with Gasteiger partial charge in [-0.2, -0.15) is 5.26 Å². The normalized spacial score (nSPS) is 13.2. The van der Waals surface area contributed by atoms with E-state index in [-0.39, 0.29) is 0 Å². The highest BCUT2D eigenvalue weighted by Gasteiger charge is 2.20. The van der Waals surface area contributed by atoms with Crippen LogP contribution >= 0.6 is 22.9 Å². The van der Waals surface area contributed by atoms with Crippen LogP contribution in [0.5, 0.6) is 5.75 Å². The van der Waals surface area contributed by atoms with Gasteiger partial charge in [0.25, 0.3) is 0 Å². The van der Waals surface area contributed by atoms with Crippen LogP contribution in [0, 0.1) is 11.3 Å². The highest BCUT2D eigenvalue weighted by atomic mass is 35.5. The molecular formula is C27H21ClN2OS. The number of aryl methyl sites for hydroxylation is 1. The van der Waals surface area contributed by atoms with Crippen LogP contribution in [-0.4, -0.2) is 6.21 Å². The topological polar surface area (TPSA) is 45.4 Å². The quantitative estimate of drug-likeness (QED) is 0.290. The van der Waals surface area contributed by atoms with Crippen molar-refractivity contribution in [2.75, 3.05) is 0 Å². The molecule has 0 aliphatic heterocycles. The van der Waals surface area contributed by atoms with Crippen molar-refractivity contribution in [3.63, 3.8) is 0 Å². The number of hydrogen-bond acceptors (Lipinski definition) is 4. The molecule has 1 aliphatic rings. The fraction of sp³-hybridized carbons (Fsp3) is 0.185. The molecule has 0 atom stereocenters. The summed E-state index contributed by atoms with van der Waals surface area (Å²) in [5, 5.41) is 13.5. The van der Waals surface area contributed by atoms with E-state index in [9.17, 15) is 5.26 Å². The van der Waals surface area contributed by atoms with Crippen LogP contribution in [0.4, 0.5) is 5.00 Å². The minimum Gasteiger partial charge on any atom is -0.488 e. The number of rotatable bonds is 5. The standard InChI is InChI=1S/C27H21ClN2OS/c28-20-12-9-18(10-13-20)17-31-25-14-11-19-5-1-2-6-21(19)24(25)16-30-27-23(15-29)22-7-3-4-8-26(22)32-27/h1-2,5-6,9-14,16H,3-4,7-8,17H2. The first-order chi connectivity index (χ1) is 15.7. The first-order valence-corrected chi connectivity index (χ1v) is 11.9. The lowest BCUT2D eigenvalue weighted by Crippen LogP contribution is -1.99. The van der Waals surface area contributed by atoms with Crippen LogP contribution < -0.4 is 4.74 Å². The van der Waals surface area contributed by atoms with Crippen LogP contribution in [0.2, 0.25) is 5.02 Å². The zero-order valence-electron chi connectivity index (χ0n) is 17.5. The van der Waals surface area contributed by atoms with Crippen LogP contribution in [0.15, 0.2) is 65.7 Å². The Labute approximate surface area is 196 Å². The lowest BCUT2D eigenvalue weighted by molar-refractivity contribution is 0.306. The first-order valence-electron chi connectivity index (χ1n) is 10.7. The van der Waals surface area contributed by atoms with Crippen molar-refractivity contribution in [1.82, 2.24) is 0 Å². The number of fused-ring (bicyclic) bond motifs is 2. The number of halogens is 1. The Morgan fingerprint density at radius 1 is 1.03 bits per heavy atom. The smallest absolute Gasteiger partial charge is 0.134 e. The van der Waals surface area contributed by atoms with Crippen molar-refractivity contribution < 1.29 is 4.74 Å². The molecule has 0 unspecified atom stereocenters. The third-order valence-corrected chi connectivity index (χ3v) is 7.27. The van der Waals surface area contributed by atoms with E-state index in [1.165, 1.54) is 16.9 Å². The zero-order valence-corrected chi connectivity index (χ0v) is 19.0. The molecule has 0 radical (unpaired) electrons. The molecule has 3 nitrogen and oxygen atoms in total. The Morgan fingerprint density at radius 2 is 1.84 bits per heavy atom. The molecule has 4 aromatic rings. The molecule has 0 N–H and O–H groups in total. The number of benzene rings is 3. The maximum Gasteiger partial charge on any atom is 0.134 e. The van der Waals surface area contributed by atoms with Crippen molar-refractivity contribution in [2.45, 2.75) is 32.3 Å². The minimum absolute atomic E-state index is 0.438. The van der Waals surface area contributed by atoms with Gasteiger partial charge in [-0.15, -0.1) is 11.3 Å². The second kappa shape index (κ2) is 9.16. The predicted molar refractivity (Wildman–Crippen MR) is 133 cm³/mol. The summed E-state index contributed by atoms with van der Waals surface area (Å²) in [5.41, 5.74) is 3.91. The second-order valence-corrected chi connectivity index (χ2v) is 9.39. The Hall–Kier alpha value is -3.13. The molecule has 0 fully saturated rings. The van der Waals surface area contributed by atoms with E-state index < -0.39 is 0 Å². The van der Waals surface area contributed by atoms with Crippen molar-refractivity contribution >= 4 is 44.9 Å².